The molecule has 76 valence electrons. The molecule has 0 aromatic heterocycles. The monoisotopic (exact) mass is 198 g/mol. The highest BCUT2D eigenvalue weighted by molar-refractivity contribution is 5.94. The van der Waals surface area contributed by atoms with Crippen molar-refractivity contribution in [3.05, 3.63) is 42.5 Å². The first-order valence-electron chi connectivity index (χ1n) is 5.38. The van der Waals surface area contributed by atoms with E-state index in [0.29, 0.717) is 0 Å². The Bertz CT molecular complexity index is 467. The average Bonchev–Trinajstić information content (AvgIpc) is 2.82. The molecule has 0 atom stereocenters. The Morgan fingerprint density at radius 2 is 1.87 bits per heavy atom. The van der Waals surface area contributed by atoms with Crippen LogP contribution in [0.15, 0.2) is 42.5 Å². The summed E-state index contributed by atoms with van der Waals surface area (Å²) in [5.74, 6) is 0. The van der Waals surface area contributed by atoms with E-state index in [9.17, 15) is 0 Å². The Labute approximate surface area is 89.5 Å². The number of nitrogens with zero attached hydrogens (tertiary/aromatic N) is 1. The van der Waals surface area contributed by atoms with Gasteiger partial charge in [0.2, 0.25) is 0 Å². The Hall–Kier alpha value is -1.54. The largest absolute Gasteiger partial charge is 0.357 e. The first-order valence-corrected chi connectivity index (χ1v) is 5.38. The molecule has 1 N–H and O–H groups in total. The molecule has 0 saturated carbocycles. The second-order valence-corrected chi connectivity index (χ2v) is 3.92. The van der Waals surface area contributed by atoms with Crippen LogP contribution in [-0.4, -0.2) is 19.8 Å². The van der Waals surface area contributed by atoms with Crippen LogP contribution in [0.5, 0.6) is 0 Å². The van der Waals surface area contributed by atoms with Gasteiger partial charge in [-0.3, -0.25) is 5.32 Å². The van der Waals surface area contributed by atoms with Crippen LogP contribution in [0.4, 0.5) is 5.69 Å². The lowest BCUT2D eigenvalue weighted by molar-refractivity contribution is 0.856. The van der Waals surface area contributed by atoms with Gasteiger partial charge in [-0.2, -0.15) is 0 Å². The average molecular weight is 198 g/mol. The van der Waals surface area contributed by atoms with Crippen LogP contribution in [0.25, 0.3) is 10.8 Å². The number of hydrogen-bond acceptors (Lipinski definition) is 2. The van der Waals surface area contributed by atoms with Crippen LogP contribution >= 0.6 is 0 Å². The van der Waals surface area contributed by atoms with Gasteiger partial charge in [-0.25, -0.2) is 0 Å². The number of anilines is 1. The molecule has 2 aromatic rings. The SMILES string of the molecule is c1ccc2c(N3CCNC3)cccc2c1. The number of nitrogens with one attached hydrogen (secondary N) is 1. The molecule has 0 amide bonds. The van der Waals surface area contributed by atoms with Crippen molar-refractivity contribution in [3.8, 4) is 0 Å². The first kappa shape index (κ1) is 8.74. The van der Waals surface area contributed by atoms with Gasteiger partial charge in [0, 0.05) is 24.2 Å². The van der Waals surface area contributed by atoms with Crippen LogP contribution in [0.3, 0.4) is 0 Å². The Morgan fingerprint density at radius 1 is 1.00 bits per heavy atom. The summed E-state index contributed by atoms with van der Waals surface area (Å²) in [6.07, 6.45) is 0. The minimum Gasteiger partial charge on any atom is -0.357 e. The molecule has 2 nitrogen and oxygen atoms in total. The molecule has 0 unspecified atom stereocenters. The van der Waals surface area contributed by atoms with E-state index in [0.717, 1.165) is 19.8 Å². The second kappa shape index (κ2) is 3.55. The lowest BCUT2D eigenvalue weighted by Gasteiger charge is -2.18. The van der Waals surface area contributed by atoms with Crippen LogP contribution in [0, 0.1) is 0 Å². The van der Waals surface area contributed by atoms with Crippen LogP contribution < -0.4 is 10.2 Å². The Morgan fingerprint density at radius 3 is 2.73 bits per heavy atom. The smallest absolute Gasteiger partial charge is 0.0683 e. The summed E-state index contributed by atoms with van der Waals surface area (Å²) >= 11 is 0. The van der Waals surface area contributed by atoms with Crippen molar-refractivity contribution < 1.29 is 0 Å². The molecule has 0 aliphatic carbocycles. The van der Waals surface area contributed by atoms with E-state index < -0.39 is 0 Å². The van der Waals surface area contributed by atoms with Crippen LogP contribution in [-0.2, 0) is 0 Å². The van der Waals surface area contributed by atoms with E-state index in [1.54, 1.807) is 0 Å². The van der Waals surface area contributed by atoms with E-state index in [1.165, 1.54) is 16.5 Å². The predicted molar refractivity (Wildman–Crippen MR) is 64.2 cm³/mol. The van der Waals surface area contributed by atoms with Crippen molar-refractivity contribution in [3.63, 3.8) is 0 Å². The van der Waals surface area contributed by atoms with Crippen molar-refractivity contribution in [2.75, 3.05) is 24.7 Å². The highest BCUT2D eigenvalue weighted by Gasteiger charge is 2.13. The molecule has 0 radical (unpaired) electrons. The molecule has 15 heavy (non-hydrogen) atoms. The Kier molecular flexibility index (Phi) is 2.07. The maximum absolute atomic E-state index is 3.36. The lowest BCUT2D eigenvalue weighted by atomic mass is 10.1. The summed E-state index contributed by atoms with van der Waals surface area (Å²) < 4.78 is 0. The van der Waals surface area contributed by atoms with Crippen LogP contribution in [0.2, 0.25) is 0 Å². The highest BCUT2D eigenvalue weighted by Crippen LogP contribution is 2.26. The summed E-state index contributed by atoms with van der Waals surface area (Å²) in [7, 11) is 0. The number of rotatable bonds is 1. The fourth-order valence-electron chi connectivity index (χ4n) is 2.20. The van der Waals surface area contributed by atoms with Gasteiger partial charge in [0.1, 0.15) is 0 Å². The number of fused-ring (bicyclic) bond motifs is 1. The third-order valence-corrected chi connectivity index (χ3v) is 2.97. The highest BCUT2D eigenvalue weighted by atomic mass is 15.3. The van der Waals surface area contributed by atoms with Gasteiger partial charge in [-0.1, -0.05) is 36.4 Å². The summed E-state index contributed by atoms with van der Waals surface area (Å²) in [5.41, 5.74) is 1.35. The summed E-state index contributed by atoms with van der Waals surface area (Å²) in [6, 6.07) is 15.1. The van der Waals surface area contributed by atoms with Crippen molar-refractivity contribution in [1.82, 2.24) is 5.32 Å². The topological polar surface area (TPSA) is 15.3 Å². The maximum atomic E-state index is 3.36. The molecular formula is C13H14N2. The van der Waals surface area contributed by atoms with Gasteiger partial charge >= 0.3 is 0 Å². The molecule has 2 aromatic carbocycles. The molecule has 1 fully saturated rings. The molecule has 2 heteroatoms. The third-order valence-electron chi connectivity index (χ3n) is 2.97. The molecule has 1 aliphatic heterocycles. The lowest BCUT2D eigenvalue weighted by Crippen LogP contribution is -2.21. The second-order valence-electron chi connectivity index (χ2n) is 3.92. The summed E-state index contributed by atoms with van der Waals surface area (Å²) in [5, 5.41) is 6.03. The molecule has 0 bridgehead atoms. The zero-order valence-electron chi connectivity index (χ0n) is 8.61. The van der Waals surface area contributed by atoms with E-state index in [4.69, 9.17) is 0 Å². The standard InChI is InChI=1S/C13H14N2/c1-2-6-12-11(4-1)5-3-7-13(12)15-9-8-14-10-15/h1-7,14H,8-10H2. The summed E-state index contributed by atoms with van der Waals surface area (Å²) in [4.78, 5) is 2.39. The van der Waals surface area contributed by atoms with Gasteiger partial charge in [0.15, 0.2) is 0 Å². The molecule has 1 aliphatic rings. The third kappa shape index (κ3) is 1.47. The fourth-order valence-corrected chi connectivity index (χ4v) is 2.20. The van der Waals surface area contributed by atoms with E-state index in [1.807, 2.05) is 0 Å². The fraction of sp³-hybridized carbons (Fsp3) is 0.231. The minimum absolute atomic E-state index is 0.966. The van der Waals surface area contributed by atoms with Crippen molar-refractivity contribution >= 4 is 16.5 Å². The maximum Gasteiger partial charge on any atom is 0.0683 e. The molecule has 1 heterocycles. The van der Waals surface area contributed by atoms with Gasteiger partial charge in [0.25, 0.3) is 0 Å². The summed E-state index contributed by atoms with van der Waals surface area (Å²) in [6.45, 7) is 3.16. The van der Waals surface area contributed by atoms with Crippen LogP contribution in [0.1, 0.15) is 0 Å². The molecule has 0 spiro atoms. The zero-order chi connectivity index (χ0) is 10.1. The molecule has 1 saturated heterocycles. The van der Waals surface area contributed by atoms with Crippen molar-refractivity contribution in [2.45, 2.75) is 0 Å². The normalized spacial score (nSPS) is 16.1. The van der Waals surface area contributed by atoms with Crippen molar-refractivity contribution in [2.24, 2.45) is 0 Å². The first-order chi connectivity index (χ1) is 7.45. The number of benzene rings is 2. The number of hydrogen-bond donors (Lipinski definition) is 1. The predicted octanol–water partition coefficient (Wildman–Crippen LogP) is 2.21. The molecule has 3 rings (SSSR count). The van der Waals surface area contributed by atoms with Gasteiger partial charge in [0.05, 0.1) is 6.67 Å². The van der Waals surface area contributed by atoms with Crippen molar-refractivity contribution in [1.29, 1.82) is 0 Å². The van der Waals surface area contributed by atoms with Gasteiger partial charge in [-0.05, 0) is 11.5 Å². The van der Waals surface area contributed by atoms with E-state index >= 15 is 0 Å². The van der Waals surface area contributed by atoms with Gasteiger partial charge in [-0.15, -0.1) is 0 Å². The zero-order valence-corrected chi connectivity index (χ0v) is 8.61. The van der Waals surface area contributed by atoms with Gasteiger partial charge < -0.3 is 4.90 Å². The minimum atomic E-state index is 0.966. The Balaban J connectivity index is 2.16. The van der Waals surface area contributed by atoms with E-state index in [2.05, 4.69) is 52.7 Å². The molecular weight excluding hydrogens is 184 g/mol. The van der Waals surface area contributed by atoms with E-state index in [-0.39, 0.29) is 0 Å². The quantitative estimate of drug-likeness (QED) is 0.755.